The molecule has 0 N–H and O–H groups in total. The second-order valence-electron chi connectivity index (χ2n) is 6.49. The minimum Gasteiger partial charge on any atom is -0.462 e. The lowest BCUT2D eigenvalue weighted by Gasteiger charge is -2.07. The number of esters is 1. The number of carbonyl (C=O) groups excluding carboxylic acids is 1. The Morgan fingerprint density at radius 1 is 0.826 bits per heavy atom. The van der Waals surface area contributed by atoms with Crippen molar-refractivity contribution in [2.45, 2.75) is 84.5 Å². The van der Waals surface area contributed by atoms with Gasteiger partial charge in [0.1, 0.15) is 0 Å². The maximum absolute atomic E-state index is 11.9. The van der Waals surface area contributed by atoms with E-state index in [1.165, 1.54) is 57.8 Å². The zero-order valence-corrected chi connectivity index (χ0v) is 15.1. The molecule has 0 fully saturated rings. The minimum absolute atomic E-state index is 0.185. The van der Waals surface area contributed by atoms with E-state index in [2.05, 4.69) is 6.92 Å². The summed E-state index contributed by atoms with van der Waals surface area (Å²) in [4.78, 5) is 11.9. The van der Waals surface area contributed by atoms with Crippen LogP contribution in [0.2, 0.25) is 0 Å². The van der Waals surface area contributed by atoms with Gasteiger partial charge >= 0.3 is 5.97 Å². The lowest BCUT2D eigenvalue weighted by Crippen LogP contribution is -2.08. The molecule has 0 unspecified atom stereocenters. The van der Waals surface area contributed by atoms with E-state index in [1.54, 1.807) is 0 Å². The van der Waals surface area contributed by atoms with Crippen LogP contribution in [0.15, 0.2) is 24.3 Å². The molecule has 0 spiro atoms. The van der Waals surface area contributed by atoms with Crippen molar-refractivity contribution in [3.8, 4) is 0 Å². The van der Waals surface area contributed by atoms with Crippen molar-refractivity contribution in [1.82, 2.24) is 0 Å². The SMILES string of the molecule is CCCCCCCCCCCCCOC(=O)c1ccccc1C. The minimum atomic E-state index is -0.185. The van der Waals surface area contributed by atoms with Gasteiger partial charge in [-0.2, -0.15) is 0 Å². The second-order valence-corrected chi connectivity index (χ2v) is 6.49. The van der Waals surface area contributed by atoms with Crippen molar-refractivity contribution < 1.29 is 9.53 Å². The van der Waals surface area contributed by atoms with Crippen LogP contribution in [0.25, 0.3) is 0 Å². The van der Waals surface area contributed by atoms with E-state index in [1.807, 2.05) is 31.2 Å². The van der Waals surface area contributed by atoms with E-state index >= 15 is 0 Å². The van der Waals surface area contributed by atoms with Crippen LogP contribution in [0.4, 0.5) is 0 Å². The van der Waals surface area contributed by atoms with Crippen LogP contribution in [0, 0.1) is 6.92 Å². The standard InChI is InChI=1S/C21H34O2/c1-3-4-5-6-7-8-9-10-11-12-15-18-23-21(22)20-17-14-13-16-19(20)2/h13-14,16-17H,3-12,15,18H2,1-2H3. The van der Waals surface area contributed by atoms with Crippen molar-refractivity contribution in [1.29, 1.82) is 0 Å². The van der Waals surface area contributed by atoms with E-state index < -0.39 is 0 Å². The molecule has 0 aliphatic carbocycles. The number of unbranched alkanes of at least 4 members (excludes halogenated alkanes) is 10. The summed E-state index contributed by atoms with van der Waals surface area (Å²) in [7, 11) is 0. The van der Waals surface area contributed by atoms with Crippen LogP contribution >= 0.6 is 0 Å². The Bertz CT molecular complexity index is 426. The molecule has 1 aromatic carbocycles. The monoisotopic (exact) mass is 318 g/mol. The Morgan fingerprint density at radius 3 is 1.91 bits per heavy atom. The highest BCUT2D eigenvalue weighted by atomic mass is 16.5. The van der Waals surface area contributed by atoms with Crippen LogP contribution in [0.3, 0.4) is 0 Å². The van der Waals surface area contributed by atoms with Crippen LogP contribution < -0.4 is 0 Å². The zero-order valence-electron chi connectivity index (χ0n) is 15.1. The average Bonchev–Trinajstić information content (AvgIpc) is 2.56. The molecule has 0 bridgehead atoms. The first-order valence-electron chi connectivity index (χ1n) is 9.48. The molecule has 0 saturated carbocycles. The van der Waals surface area contributed by atoms with Gasteiger partial charge in [-0.1, -0.05) is 89.3 Å². The predicted octanol–water partition coefficient (Wildman–Crippen LogP) is 6.46. The first-order chi connectivity index (χ1) is 11.3. The molecule has 2 nitrogen and oxygen atoms in total. The first kappa shape index (κ1) is 19.7. The molecule has 0 radical (unpaired) electrons. The number of hydrogen-bond donors (Lipinski definition) is 0. The van der Waals surface area contributed by atoms with E-state index in [-0.39, 0.29) is 5.97 Å². The van der Waals surface area contributed by atoms with Crippen LogP contribution in [-0.4, -0.2) is 12.6 Å². The number of benzene rings is 1. The third-order valence-electron chi connectivity index (χ3n) is 4.35. The van der Waals surface area contributed by atoms with Gasteiger partial charge in [-0.15, -0.1) is 0 Å². The van der Waals surface area contributed by atoms with E-state index in [9.17, 15) is 4.79 Å². The summed E-state index contributed by atoms with van der Waals surface area (Å²) < 4.78 is 5.35. The Hall–Kier alpha value is -1.31. The molecular weight excluding hydrogens is 284 g/mol. The Kier molecular flexibility index (Phi) is 11.3. The van der Waals surface area contributed by atoms with Gasteiger partial charge in [0.15, 0.2) is 0 Å². The van der Waals surface area contributed by atoms with Gasteiger partial charge in [0.25, 0.3) is 0 Å². The predicted molar refractivity (Wildman–Crippen MR) is 97.9 cm³/mol. The number of carbonyl (C=O) groups is 1. The topological polar surface area (TPSA) is 26.3 Å². The van der Waals surface area contributed by atoms with Gasteiger partial charge in [-0.25, -0.2) is 4.79 Å². The molecule has 0 amide bonds. The normalized spacial score (nSPS) is 10.7. The number of aryl methyl sites for hydroxylation is 1. The largest absolute Gasteiger partial charge is 0.462 e. The summed E-state index contributed by atoms with van der Waals surface area (Å²) in [5.74, 6) is -0.185. The number of rotatable bonds is 13. The van der Waals surface area contributed by atoms with E-state index in [4.69, 9.17) is 4.74 Å². The van der Waals surface area contributed by atoms with Gasteiger partial charge in [-0.05, 0) is 25.0 Å². The van der Waals surface area contributed by atoms with Crippen LogP contribution in [0.5, 0.6) is 0 Å². The van der Waals surface area contributed by atoms with E-state index in [0.717, 1.165) is 18.4 Å². The van der Waals surface area contributed by atoms with Crippen LogP contribution in [-0.2, 0) is 4.74 Å². The van der Waals surface area contributed by atoms with Crippen molar-refractivity contribution in [2.24, 2.45) is 0 Å². The molecule has 0 aliphatic rings. The molecule has 0 aliphatic heterocycles. The quantitative estimate of drug-likeness (QED) is 0.308. The second kappa shape index (κ2) is 13.2. The summed E-state index contributed by atoms with van der Waals surface area (Å²) in [6.45, 7) is 4.75. The molecule has 1 aromatic rings. The Balaban J connectivity index is 1.92. The van der Waals surface area contributed by atoms with Gasteiger partial charge < -0.3 is 4.74 Å². The number of ether oxygens (including phenoxy) is 1. The van der Waals surface area contributed by atoms with E-state index in [0.29, 0.717) is 12.2 Å². The highest BCUT2D eigenvalue weighted by molar-refractivity contribution is 5.90. The third-order valence-corrected chi connectivity index (χ3v) is 4.35. The van der Waals surface area contributed by atoms with Crippen molar-refractivity contribution in [3.05, 3.63) is 35.4 Å². The van der Waals surface area contributed by atoms with Gasteiger partial charge in [0, 0.05) is 0 Å². The molecule has 0 heterocycles. The third kappa shape index (κ3) is 9.43. The summed E-state index contributed by atoms with van der Waals surface area (Å²) in [5.41, 5.74) is 1.67. The van der Waals surface area contributed by atoms with Crippen molar-refractivity contribution in [2.75, 3.05) is 6.61 Å². The van der Waals surface area contributed by atoms with Gasteiger partial charge in [0.05, 0.1) is 12.2 Å². The van der Waals surface area contributed by atoms with Gasteiger partial charge in [0.2, 0.25) is 0 Å². The molecule has 0 atom stereocenters. The zero-order chi connectivity index (χ0) is 16.8. The maximum atomic E-state index is 11.9. The van der Waals surface area contributed by atoms with Crippen LogP contribution in [0.1, 0.15) is 93.5 Å². The molecule has 2 heteroatoms. The molecular formula is C21H34O2. The lowest BCUT2D eigenvalue weighted by atomic mass is 10.1. The average molecular weight is 319 g/mol. The molecule has 0 saturated heterocycles. The summed E-state index contributed by atoms with van der Waals surface area (Å²) in [6, 6.07) is 7.60. The highest BCUT2D eigenvalue weighted by Crippen LogP contribution is 2.12. The summed E-state index contributed by atoms with van der Waals surface area (Å²) in [5, 5.41) is 0. The molecule has 0 aromatic heterocycles. The summed E-state index contributed by atoms with van der Waals surface area (Å²) in [6.07, 6.45) is 14.4. The maximum Gasteiger partial charge on any atom is 0.338 e. The highest BCUT2D eigenvalue weighted by Gasteiger charge is 2.08. The Morgan fingerprint density at radius 2 is 1.35 bits per heavy atom. The number of hydrogen-bond acceptors (Lipinski definition) is 2. The fourth-order valence-electron chi connectivity index (χ4n) is 2.81. The molecule has 130 valence electrons. The first-order valence-corrected chi connectivity index (χ1v) is 9.48. The summed E-state index contributed by atoms with van der Waals surface area (Å²) >= 11 is 0. The van der Waals surface area contributed by atoms with Gasteiger partial charge in [-0.3, -0.25) is 0 Å². The van der Waals surface area contributed by atoms with Crippen molar-refractivity contribution in [3.63, 3.8) is 0 Å². The fraction of sp³-hybridized carbons (Fsp3) is 0.667. The molecule has 1 rings (SSSR count). The fourth-order valence-corrected chi connectivity index (χ4v) is 2.81. The smallest absolute Gasteiger partial charge is 0.338 e. The van der Waals surface area contributed by atoms with Crippen molar-refractivity contribution >= 4 is 5.97 Å². The lowest BCUT2D eigenvalue weighted by molar-refractivity contribution is 0.0497. The molecule has 23 heavy (non-hydrogen) atoms. The Labute approximate surface area is 142 Å².